The molecule has 8 nitrogen and oxygen atoms in total. The minimum absolute atomic E-state index is 0.340. The standard InChI is InChI=1S/C20H17N7O/c1-12-4-5-17(23-9-12)25-15-7-18(26-20-19(15)24-11-27(20)3)28-16-10-22-14(8-21)6-13(16)2/h4-7,9-11H,1-3H3,(H,23,25,26). The summed E-state index contributed by atoms with van der Waals surface area (Å²) in [7, 11) is 1.87. The Balaban J connectivity index is 1.74. The molecule has 4 rings (SSSR count). The zero-order chi connectivity index (χ0) is 19.7. The summed E-state index contributed by atoms with van der Waals surface area (Å²) in [5.41, 5.74) is 4.34. The molecule has 138 valence electrons. The monoisotopic (exact) mass is 371 g/mol. The van der Waals surface area contributed by atoms with Crippen LogP contribution in [0.25, 0.3) is 11.2 Å². The van der Waals surface area contributed by atoms with E-state index in [-0.39, 0.29) is 0 Å². The van der Waals surface area contributed by atoms with Crippen molar-refractivity contribution in [1.29, 1.82) is 5.26 Å². The number of ether oxygens (including phenoxy) is 1. The maximum absolute atomic E-state index is 8.97. The van der Waals surface area contributed by atoms with Crippen LogP contribution in [-0.4, -0.2) is 24.5 Å². The Morgan fingerprint density at radius 1 is 1.11 bits per heavy atom. The second-order valence-corrected chi connectivity index (χ2v) is 6.43. The van der Waals surface area contributed by atoms with E-state index < -0.39 is 0 Å². The van der Waals surface area contributed by atoms with Crippen LogP contribution in [0.1, 0.15) is 16.8 Å². The van der Waals surface area contributed by atoms with Gasteiger partial charge in [0.2, 0.25) is 5.88 Å². The summed E-state index contributed by atoms with van der Waals surface area (Å²) in [5.74, 6) is 1.62. The Hall–Kier alpha value is -3.99. The number of hydrogen-bond acceptors (Lipinski definition) is 7. The third-order valence-electron chi connectivity index (χ3n) is 4.21. The first-order chi connectivity index (χ1) is 13.5. The van der Waals surface area contributed by atoms with Gasteiger partial charge in [0, 0.05) is 19.3 Å². The predicted octanol–water partition coefficient (Wildman–Crippen LogP) is 3.78. The Bertz CT molecular complexity index is 1210. The molecule has 28 heavy (non-hydrogen) atoms. The van der Waals surface area contributed by atoms with Crippen molar-refractivity contribution < 1.29 is 4.74 Å². The van der Waals surface area contributed by atoms with Gasteiger partial charge in [0.05, 0.1) is 18.2 Å². The van der Waals surface area contributed by atoms with Crippen molar-refractivity contribution in [2.45, 2.75) is 13.8 Å². The van der Waals surface area contributed by atoms with E-state index in [2.05, 4.69) is 25.3 Å². The first-order valence-corrected chi connectivity index (χ1v) is 8.60. The minimum Gasteiger partial charge on any atom is -0.437 e. The molecule has 0 saturated carbocycles. The van der Waals surface area contributed by atoms with Gasteiger partial charge in [-0.25, -0.2) is 15.0 Å². The zero-order valence-electron chi connectivity index (χ0n) is 15.6. The number of imidazole rings is 1. The Morgan fingerprint density at radius 3 is 2.68 bits per heavy atom. The van der Waals surface area contributed by atoms with Crippen molar-refractivity contribution in [1.82, 2.24) is 24.5 Å². The van der Waals surface area contributed by atoms with Gasteiger partial charge in [-0.3, -0.25) is 0 Å². The van der Waals surface area contributed by atoms with Gasteiger partial charge < -0.3 is 14.6 Å². The second kappa shape index (κ2) is 6.96. The molecule has 0 aliphatic heterocycles. The summed E-state index contributed by atoms with van der Waals surface area (Å²) in [6, 6.07) is 9.35. The highest BCUT2D eigenvalue weighted by atomic mass is 16.5. The summed E-state index contributed by atoms with van der Waals surface area (Å²) in [5, 5.41) is 12.3. The van der Waals surface area contributed by atoms with Crippen LogP contribution in [0.4, 0.5) is 11.5 Å². The first-order valence-electron chi connectivity index (χ1n) is 8.60. The lowest BCUT2D eigenvalue weighted by Crippen LogP contribution is -1.99. The molecule has 0 bridgehead atoms. The van der Waals surface area contributed by atoms with Crippen molar-refractivity contribution >= 4 is 22.7 Å². The number of nitrogens with zero attached hydrogens (tertiary/aromatic N) is 6. The fraction of sp³-hybridized carbons (Fsp3) is 0.150. The topological polar surface area (TPSA) is 102 Å². The molecule has 4 aromatic heterocycles. The second-order valence-electron chi connectivity index (χ2n) is 6.43. The van der Waals surface area contributed by atoms with Crippen LogP contribution in [0, 0.1) is 25.2 Å². The van der Waals surface area contributed by atoms with Crippen molar-refractivity contribution in [3.8, 4) is 17.7 Å². The van der Waals surface area contributed by atoms with Crippen LogP contribution in [0.5, 0.6) is 11.6 Å². The molecule has 0 radical (unpaired) electrons. The lowest BCUT2D eigenvalue weighted by Gasteiger charge is -2.11. The smallest absolute Gasteiger partial charge is 0.223 e. The minimum atomic E-state index is 0.340. The lowest BCUT2D eigenvalue weighted by atomic mass is 10.2. The lowest BCUT2D eigenvalue weighted by molar-refractivity contribution is 0.459. The van der Waals surface area contributed by atoms with E-state index in [9.17, 15) is 0 Å². The molecule has 0 atom stereocenters. The quantitative estimate of drug-likeness (QED) is 0.582. The SMILES string of the molecule is Cc1ccc(Nc2cc(Oc3cnc(C#N)cc3C)nc3c2ncn3C)nc1. The number of nitriles is 1. The molecule has 0 aliphatic carbocycles. The van der Waals surface area contributed by atoms with Crippen LogP contribution in [0.2, 0.25) is 0 Å². The number of aromatic nitrogens is 5. The molecule has 4 aromatic rings. The van der Waals surface area contributed by atoms with Crippen LogP contribution in [0.15, 0.2) is 43.0 Å². The fourth-order valence-electron chi connectivity index (χ4n) is 2.73. The summed E-state index contributed by atoms with van der Waals surface area (Å²) in [4.78, 5) is 17.4. The van der Waals surface area contributed by atoms with Gasteiger partial charge in [-0.15, -0.1) is 0 Å². The van der Waals surface area contributed by atoms with Crippen LogP contribution in [0.3, 0.4) is 0 Å². The Kier molecular flexibility index (Phi) is 4.33. The van der Waals surface area contributed by atoms with Gasteiger partial charge in [-0.1, -0.05) is 6.07 Å². The number of pyridine rings is 3. The third kappa shape index (κ3) is 3.33. The summed E-state index contributed by atoms with van der Waals surface area (Å²) >= 11 is 0. The van der Waals surface area contributed by atoms with E-state index in [1.54, 1.807) is 24.7 Å². The Morgan fingerprint density at radius 2 is 1.96 bits per heavy atom. The molecule has 0 aliphatic rings. The highest BCUT2D eigenvalue weighted by Crippen LogP contribution is 2.31. The molecular formula is C20H17N7O. The predicted molar refractivity (Wildman–Crippen MR) is 105 cm³/mol. The van der Waals surface area contributed by atoms with Crippen LogP contribution in [-0.2, 0) is 7.05 Å². The van der Waals surface area contributed by atoms with Gasteiger partial charge in [0.15, 0.2) is 11.4 Å². The first kappa shape index (κ1) is 17.4. The number of fused-ring (bicyclic) bond motifs is 1. The van der Waals surface area contributed by atoms with Gasteiger partial charge in [-0.05, 0) is 37.1 Å². The number of anilines is 2. The highest BCUT2D eigenvalue weighted by molar-refractivity contribution is 5.88. The third-order valence-corrected chi connectivity index (χ3v) is 4.21. The van der Waals surface area contributed by atoms with E-state index in [1.165, 1.54) is 6.20 Å². The molecule has 1 N–H and O–H groups in total. The number of nitrogens with one attached hydrogen (secondary N) is 1. The number of hydrogen-bond donors (Lipinski definition) is 1. The van der Waals surface area contributed by atoms with E-state index in [1.807, 2.05) is 43.7 Å². The molecule has 0 amide bonds. The maximum Gasteiger partial charge on any atom is 0.223 e. The van der Waals surface area contributed by atoms with Crippen molar-refractivity contribution in [3.05, 3.63) is 59.8 Å². The largest absolute Gasteiger partial charge is 0.437 e. The molecule has 8 heteroatoms. The molecule has 4 heterocycles. The number of aryl methyl sites for hydroxylation is 3. The van der Waals surface area contributed by atoms with Crippen LogP contribution < -0.4 is 10.1 Å². The zero-order valence-corrected chi connectivity index (χ0v) is 15.6. The summed E-state index contributed by atoms with van der Waals surface area (Å²) in [6.07, 6.45) is 5.02. The molecule has 0 spiro atoms. The molecule has 0 aromatic carbocycles. The molecule has 0 fully saturated rings. The average Bonchev–Trinajstić information content (AvgIpc) is 3.06. The Labute approximate surface area is 161 Å². The summed E-state index contributed by atoms with van der Waals surface area (Å²) < 4.78 is 7.77. The molecule has 0 saturated heterocycles. The fourth-order valence-corrected chi connectivity index (χ4v) is 2.73. The van der Waals surface area contributed by atoms with E-state index in [0.29, 0.717) is 34.3 Å². The maximum atomic E-state index is 8.97. The van der Waals surface area contributed by atoms with Gasteiger partial charge >= 0.3 is 0 Å². The highest BCUT2D eigenvalue weighted by Gasteiger charge is 2.13. The van der Waals surface area contributed by atoms with Crippen LogP contribution >= 0.6 is 0 Å². The van der Waals surface area contributed by atoms with Crippen molar-refractivity contribution in [3.63, 3.8) is 0 Å². The normalized spacial score (nSPS) is 10.6. The van der Waals surface area contributed by atoms with Gasteiger partial charge in [-0.2, -0.15) is 10.2 Å². The number of rotatable bonds is 4. The molecular weight excluding hydrogens is 354 g/mol. The van der Waals surface area contributed by atoms with Crippen molar-refractivity contribution in [2.75, 3.05) is 5.32 Å². The van der Waals surface area contributed by atoms with Gasteiger partial charge in [0.25, 0.3) is 0 Å². The summed E-state index contributed by atoms with van der Waals surface area (Å²) in [6.45, 7) is 3.84. The van der Waals surface area contributed by atoms with E-state index in [0.717, 1.165) is 16.8 Å². The average molecular weight is 371 g/mol. The molecule has 0 unspecified atom stereocenters. The van der Waals surface area contributed by atoms with Crippen molar-refractivity contribution in [2.24, 2.45) is 7.05 Å². The van der Waals surface area contributed by atoms with E-state index >= 15 is 0 Å². The van der Waals surface area contributed by atoms with Gasteiger partial charge in [0.1, 0.15) is 23.1 Å². The van der Waals surface area contributed by atoms with E-state index in [4.69, 9.17) is 10.00 Å².